The zero-order valence-corrected chi connectivity index (χ0v) is 19.8. The molecule has 2 aliphatic rings. The molecule has 1 amide bonds. The molecule has 4 rings (SSSR count). The van der Waals surface area contributed by atoms with Crippen molar-refractivity contribution in [3.8, 4) is 0 Å². The number of nitrogens with zero attached hydrogens (tertiary/aromatic N) is 3. The molecule has 1 aromatic carbocycles. The SMILES string of the molecule is CC(=Cc1cc2cc(F)cc(C3CCN(C(=O)OC(C)(C)C)CC3)c2n1CC1CC1)[N+](=O)[O-]. The fourth-order valence-electron chi connectivity index (χ4n) is 4.58. The summed E-state index contributed by atoms with van der Waals surface area (Å²) in [7, 11) is 0. The standard InChI is InChI=1S/C25H32FN3O4/c1-16(29(31)32)11-21-13-19-12-20(26)14-22(23(19)28(21)15-17-5-6-17)18-7-9-27(10-8-18)24(30)33-25(2,3)4/h11-14,17-18H,5-10,15H2,1-4H3. The number of rotatable bonds is 5. The van der Waals surface area contributed by atoms with Crippen molar-refractivity contribution in [3.05, 3.63) is 51.1 Å². The van der Waals surface area contributed by atoms with Crippen LogP contribution in [-0.2, 0) is 11.3 Å². The van der Waals surface area contributed by atoms with Crippen molar-refractivity contribution in [2.75, 3.05) is 13.1 Å². The summed E-state index contributed by atoms with van der Waals surface area (Å²) in [6, 6.07) is 4.97. The molecule has 1 saturated heterocycles. The van der Waals surface area contributed by atoms with Gasteiger partial charge in [0.05, 0.1) is 10.4 Å². The average molecular weight is 458 g/mol. The largest absolute Gasteiger partial charge is 0.444 e. The monoisotopic (exact) mass is 457 g/mol. The third-order valence-corrected chi connectivity index (χ3v) is 6.39. The summed E-state index contributed by atoms with van der Waals surface area (Å²) in [6.07, 6.45) is 4.97. The molecule has 8 heteroatoms. The van der Waals surface area contributed by atoms with Gasteiger partial charge in [-0.3, -0.25) is 10.1 Å². The van der Waals surface area contributed by atoms with Crippen molar-refractivity contribution < 1.29 is 18.8 Å². The zero-order valence-electron chi connectivity index (χ0n) is 19.8. The van der Waals surface area contributed by atoms with Gasteiger partial charge >= 0.3 is 6.09 Å². The van der Waals surface area contributed by atoms with Gasteiger partial charge in [0.2, 0.25) is 5.70 Å². The van der Waals surface area contributed by atoms with Crippen molar-refractivity contribution >= 4 is 23.1 Å². The number of carbonyl (C=O) groups excluding carboxylic acids is 1. The molecule has 0 bridgehead atoms. The van der Waals surface area contributed by atoms with Crippen LogP contribution in [0.5, 0.6) is 0 Å². The molecule has 2 aromatic rings. The number of ether oxygens (including phenoxy) is 1. The average Bonchev–Trinajstić information content (AvgIpc) is 3.48. The van der Waals surface area contributed by atoms with Gasteiger partial charge in [-0.25, -0.2) is 9.18 Å². The summed E-state index contributed by atoms with van der Waals surface area (Å²) in [4.78, 5) is 25.0. The molecule has 1 aromatic heterocycles. The minimum absolute atomic E-state index is 0.0579. The first-order valence-electron chi connectivity index (χ1n) is 11.6. The molecule has 7 nitrogen and oxygen atoms in total. The highest BCUT2D eigenvalue weighted by Crippen LogP contribution is 2.39. The molecule has 1 saturated carbocycles. The van der Waals surface area contributed by atoms with E-state index in [0.717, 1.165) is 41.5 Å². The minimum atomic E-state index is -0.544. The van der Waals surface area contributed by atoms with E-state index >= 15 is 0 Å². The third-order valence-electron chi connectivity index (χ3n) is 6.39. The van der Waals surface area contributed by atoms with E-state index in [2.05, 4.69) is 4.57 Å². The summed E-state index contributed by atoms with van der Waals surface area (Å²) >= 11 is 0. The van der Waals surface area contributed by atoms with E-state index < -0.39 is 10.5 Å². The number of allylic oxidation sites excluding steroid dienone is 1. The summed E-state index contributed by atoms with van der Waals surface area (Å²) < 4.78 is 22.3. The molecule has 178 valence electrons. The Labute approximate surface area is 193 Å². The van der Waals surface area contributed by atoms with Crippen molar-refractivity contribution in [1.82, 2.24) is 9.47 Å². The van der Waals surface area contributed by atoms with Gasteiger partial charge in [0.25, 0.3) is 0 Å². The minimum Gasteiger partial charge on any atom is -0.444 e. The molecule has 33 heavy (non-hydrogen) atoms. The van der Waals surface area contributed by atoms with Crippen LogP contribution in [-0.4, -0.2) is 39.2 Å². The smallest absolute Gasteiger partial charge is 0.410 e. The summed E-state index contributed by atoms with van der Waals surface area (Å²) in [6.45, 7) is 8.90. The highest BCUT2D eigenvalue weighted by Gasteiger charge is 2.30. The van der Waals surface area contributed by atoms with Crippen LogP contribution in [0.1, 0.15) is 70.6 Å². The molecule has 0 spiro atoms. The lowest BCUT2D eigenvalue weighted by Crippen LogP contribution is -2.41. The first-order valence-corrected chi connectivity index (χ1v) is 11.6. The molecular formula is C25H32FN3O4. The number of hydrogen-bond acceptors (Lipinski definition) is 4. The number of halogens is 1. The van der Waals surface area contributed by atoms with Gasteiger partial charge in [0.1, 0.15) is 11.4 Å². The quantitative estimate of drug-likeness (QED) is 0.411. The first-order chi connectivity index (χ1) is 15.5. The number of nitro groups is 1. The highest BCUT2D eigenvalue weighted by molar-refractivity contribution is 5.87. The van der Waals surface area contributed by atoms with Crippen LogP contribution in [0, 0.1) is 21.8 Å². The second-order valence-corrected chi connectivity index (χ2v) is 10.3. The number of piperidine rings is 1. The fourth-order valence-corrected chi connectivity index (χ4v) is 4.58. The number of hydrogen-bond donors (Lipinski definition) is 0. The number of benzene rings is 1. The zero-order chi connectivity index (χ0) is 23.9. The Morgan fingerprint density at radius 2 is 1.88 bits per heavy atom. The molecule has 2 fully saturated rings. The summed E-state index contributed by atoms with van der Waals surface area (Å²) in [5.74, 6) is 0.343. The predicted molar refractivity (Wildman–Crippen MR) is 125 cm³/mol. The van der Waals surface area contributed by atoms with Gasteiger partial charge < -0.3 is 14.2 Å². The highest BCUT2D eigenvalue weighted by atomic mass is 19.1. The van der Waals surface area contributed by atoms with Crippen LogP contribution in [0.3, 0.4) is 0 Å². The molecular weight excluding hydrogens is 425 g/mol. The third kappa shape index (κ3) is 5.37. The van der Waals surface area contributed by atoms with Gasteiger partial charge in [-0.2, -0.15) is 0 Å². The normalized spacial score (nSPS) is 18.1. The summed E-state index contributed by atoms with van der Waals surface area (Å²) in [5.41, 5.74) is 2.14. The lowest BCUT2D eigenvalue weighted by Gasteiger charge is -2.34. The molecule has 1 aliphatic heterocycles. The van der Waals surface area contributed by atoms with E-state index in [4.69, 9.17) is 4.74 Å². The van der Waals surface area contributed by atoms with Gasteiger partial charge in [0, 0.05) is 43.7 Å². The Bertz CT molecular complexity index is 1100. The number of amides is 1. The molecule has 0 atom stereocenters. The Balaban J connectivity index is 1.67. The van der Waals surface area contributed by atoms with Crippen molar-refractivity contribution in [3.63, 3.8) is 0 Å². The van der Waals surface area contributed by atoms with Gasteiger partial charge in [0.15, 0.2) is 0 Å². The van der Waals surface area contributed by atoms with E-state index in [0.29, 0.717) is 31.8 Å². The molecule has 2 heterocycles. The van der Waals surface area contributed by atoms with Gasteiger partial charge in [-0.15, -0.1) is 0 Å². The molecule has 1 aliphatic carbocycles. The Hall–Kier alpha value is -2.90. The first kappa shape index (κ1) is 23.3. The maximum atomic E-state index is 14.6. The molecule has 0 N–H and O–H groups in total. The molecule has 0 unspecified atom stereocenters. The van der Waals surface area contributed by atoms with E-state index in [1.807, 2.05) is 26.8 Å². The van der Waals surface area contributed by atoms with Crippen molar-refractivity contribution in [1.29, 1.82) is 0 Å². The van der Waals surface area contributed by atoms with Crippen LogP contribution >= 0.6 is 0 Å². The van der Waals surface area contributed by atoms with E-state index in [1.165, 1.54) is 13.0 Å². The van der Waals surface area contributed by atoms with Gasteiger partial charge in [-0.1, -0.05) is 0 Å². The Morgan fingerprint density at radius 3 is 2.45 bits per heavy atom. The van der Waals surface area contributed by atoms with Crippen molar-refractivity contribution in [2.24, 2.45) is 5.92 Å². The second-order valence-electron chi connectivity index (χ2n) is 10.3. The second kappa shape index (κ2) is 8.80. The van der Waals surface area contributed by atoms with E-state index in [9.17, 15) is 19.3 Å². The van der Waals surface area contributed by atoms with Gasteiger partial charge in [-0.05, 0) is 82.1 Å². The van der Waals surface area contributed by atoms with Crippen molar-refractivity contribution in [2.45, 2.75) is 71.4 Å². The number of carbonyl (C=O) groups is 1. The van der Waals surface area contributed by atoms with Crippen LogP contribution in [0.15, 0.2) is 23.9 Å². The van der Waals surface area contributed by atoms with Crippen LogP contribution in [0.4, 0.5) is 9.18 Å². The van der Waals surface area contributed by atoms with Crippen LogP contribution in [0.2, 0.25) is 0 Å². The van der Waals surface area contributed by atoms with E-state index in [1.54, 1.807) is 17.0 Å². The number of likely N-dealkylation sites (tertiary alicyclic amines) is 1. The van der Waals surface area contributed by atoms with Crippen LogP contribution in [0.25, 0.3) is 17.0 Å². The number of fused-ring (bicyclic) bond motifs is 1. The van der Waals surface area contributed by atoms with Crippen LogP contribution < -0.4 is 0 Å². The molecule has 0 radical (unpaired) electrons. The van der Waals surface area contributed by atoms with E-state index in [-0.39, 0.29) is 23.5 Å². The predicted octanol–water partition coefficient (Wildman–Crippen LogP) is 5.94. The fraction of sp³-hybridized carbons (Fsp3) is 0.560. The Kier molecular flexibility index (Phi) is 6.20. The topological polar surface area (TPSA) is 77.6 Å². The maximum absolute atomic E-state index is 14.6. The lowest BCUT2D eigenvalue weighted by atomic mass is 9.88. The lowest BCUT2D eigenvalue weighted by molar-refractivity contribution is -0.422. The Morgan fingerprint density at radius 1 is 1.21 bits per heavy atom. The summed E-state index contributed by atoms with van der Waals surface area (Å²) in [5, 5.41) is 12.0. The number of aromatic nitrogens is 1. The maximum Gasteiger partial charge on any atom is 0.410 e.